The lowest BCUT2D eigenvalue weighted by molar-refractivity contribution is 0.127. The number of benzene rings is 2. The molecule has 0 radical (unpaired) electrons. The van der Waals surface area contributed by atoms with Crippen LogP contribution in [0.4, 0.5) is 10.5 Å². The maximum Gasteiger partial charge on any atom is 0.407 e. The number of halogens is 3. The van der Waals surface area contributed by atoms with Crippen LogP contribution in [0.5, 0.6) is 0 Å². The summed E-state index contributed by atoms with van der Waals surface area (Å²) in [6.07, 6.45) is 1.16. The van der Waals surface area contributed by atoms with Crippen LogP contribution in [0.1, 0.15) is 38.3 Å². The quantitative estimate of drug-likeness (QED) is 0.543. The Labute approximate surface area is 187 Å². The molecule has 4 nitrogen and oxygen atoms in total. The summed E-state index contributed by atoms with van der Waals surface area (Å²) >= 11 is 18.7. The topological polar surface area (TPSA) is 41.6 Å². The molecule has 0 bridgehead atoms. The van der Waals surface area contributed by atoms with Crippen LogP contribution in [0, 0.1) is 5.92 Å². The van der Waals surface area contributed by atoms with Crippen LogP contribution in [0.15, 0.2) is 42.5 Å². The SMILES string of the molecule is CC(C)COC(=O)NC1CCN(c2ccc(Cl)cc2Cl)C(c2ccc(Cl)cc2)C1. The summed E-state index contributed by atoms with van der Waals surface area (Å²) in [7, 11) is 0. The van der Waals surface area contributed by atoms with E-state index in [1.807, 2.05) is 50.2 Å². The number of carbonyl (C=O) groups excluding carboxylic acids is 1. The van der Waals surface area contributed by atoms with Gasteiger partial charge in [-0.05, 0) is 54.7 Å². The molecule has 2 atom stereocenters. The van der Waals surface area contributed by atoms with E-state index in [-0.39, 0.29) is 18.2 Å². The third-order valence-electron chi connectivity index (χ3n) is 4.95. The largest absolute Gasteiger partial charge is 0.449 e. The Morgan fingerprint density at radius 2 is 1.83 bits per heavy atom. The molecule has 1 fully saturated rings. The van der Waals surface area contributed by atoms with Crippen molar-refractivity contribution in [2.75, 3.05) is 18.1 Å². The van der Waals surface area contributed by atoms with Gasteiger partial charge in [-0.1, -0.05) is 60.8 Å². The standard InChI is InChI=1S/C22H25Cl3N2O2/c1-14(2)13-29-22(28)26-18-9-10-27(20-8-7-17(24)11-19(20)25)21(12-18)15-3-5-16(23)6-4-15/h3-8,11,14,18,21H,9-10,12-13H2,1-2H3,(H,26,28). The molecule has 0 aliphatic carbocycles. The fourth-order valence-corrected chi connectivity index (χ4v) is 4.19. The zero-order valence-electron chi connectivity index (χ0n) is 16.5. The highest BCUT2D eigenvalue weighted by Gasteiger charge is 2.32. The number of hydrogen-bond donors (Lipinski definition) is 1. The minimum absolute atomic E-state index is 0.0117. The minimum atomic E-state index is -0.364. The van der Waals surface area contributed by atoms with Crippen LogP contribution >= 0.6 is 34.8 Å². The number of rotatable bonds is 5. The van der Waals surface area contributed by atoms with Crippen molar-refractivity contribution in [3.8, 4) is 0 Å². The predicted molar refractivity (Wildman–Crippen MR) is 120 cm³/mol. The van der Waals surface area contributed by atoms with E-state index in [1.165, 1.54) is 0 Å². The summed E-state index contributed by atoms with van der Waals surface area (Å²) in [6, 6.07) is 13.4. The number of carbonyl (C=O) groups is 1. The van der Waals surface area contributed by atoms with E-state index < -0.39 is 0 Å². The van der Waals surface area contributed by atoms with Gasteiger partial charge in [-0.3, -0.25) is 0 Å². The molecule has 0 aromatic heterocycles. The number of hydrogen-bond acceptors (Lipinski definition) is 3. The highest BCUT2D eigenvalue weighted by Crippen LogP contribution is 2.39. The van der Waals surface area contributed by atoms with Gasteiger partial charge in [0, 0.05) is 22.6 Å². The second-order valence-corrected chi connectivity index (χ2v) is 8.99. The second kappa shape index (κ2) is 9.92. The predicted octanol–water partition coefficient (Wildman–Crippen LogP) is 6.74. The smallest absolute Gasteiger partial charge is 0.407 e. The molecule has 2 unspecified atom stereocenters. The van der Waals surface area contributed by atoms with E-state index in [1.54, 1.807) is 6.07 Å². The molecule has 1 heterocycles. The first-order valence-corrected chi connectivity index (χ1v) is 10.9. The Morgan fingerprint density at radius 1 is 1.14 bits per heavy atom. The lowest BCUT2D eigenvalue weighted by Gasteiger charge is -2.41. The van der Waals surface area contributed by atoms with Crippen molar-refractivity contribution in [2.45, 2.75) is 38.8 Å². The fourth-order valence-electron chi connectivity index (χ4n) is 3.55. The Balaban J connectivity index is 1.81. The molecular formula is C22H25Cl3N2O2. The van der Waals surface area contributed by atoms with Crippen molar-refractivity contribution < 1.29 is 9.53 Å². The average molecular weight is 456 g/mol. The number of anilines is 1. The molecule has 3 rings (SSSR count). The van der Waals surface area contributed by atoms with Gasteiger partial charge >= 0.3 is 6.09 Å². The Bertz CT molecular complexity index is 842. The van der Waals surface area contributed by atoms with Crippen molar-refractivity contribution in [3.05, 3.63) is 63.1 Å². The lowest BCUT2D eigenvalue weighted by atomic mass is 9.91. The molecule has 1 aliphatic heterocycles. The maximum absolute atomic E-state index is 12.1. The first-order valence-electron chi connectivity index (χ1n) is 9.74. The van der Waals surface area contributed by atoms with Gasteiger partial charge in [-0.2, -0.15) is 0 Å². The van der Waals surface area contributed by atoms with Crippen molar-refractivity contribution in [1.29, 1.82) is 0 Å². The number of nitrogens with zero attached hydrogens (tertiary/aromatic N) is 1. The molecule has 29 heavy (non-hydrogen) atoms. The minimum Gasteiger partial charge on any atom is -0.449 e. The summed E-state index contributed by atoms with van der Waals surface area (Å²) in [4.78, 5) is 14.4. The van der Waals surface area contributed by atoms with Gasteiger partial charge in [0.2, 0.25) is 0 Å². The molecule has 2 aromatic carbocycles. The van der Waals surface area contributed by atoms with E-state index in [0.29, 0.717) is 27.6 Å². The van der Waals surface area contributed by atoms with Gasteiger partial charge in [0.05, 0.1) is 23.4 Å². The summed E-state index contributed by atoms with van der Waals surface area (Å²) in [5.41, 5.74) is 2.04. The Morgan fingerprint density at radius 3 is 2.48 bits per heavy atom. The number of piperidine rings is 1. The van der Waals surface area contributed by atoms with Crippen molar-refractivity contribution in [3.63, 3.8) is 0 Å². The van der Waals surface area contributed by atoms with Gasteiger partial charge in [0.15, 0.2) is 0 Å². The highest BCUT2D eigenvalue weighted by atomic mass is 35.5. The zero-order chi connectivity index (χ0) is 21.0. The average Bonchev–Trinajstić information content (AvgIpc) is 2.67. The van der Waals surface area contributed by atoms with E-state index in [4.69, 9.17) is 39.5 Å². The Hall–Kier alpha value is -1.62. The molecule has 0 saturated carbocycles. The van der Waals surface area contributed by atoms with Crippen LogP contribution in [-0.4, -0.2) is 25.3 Å². The maximum atomic E-state index is 12.1. The zero-order valence-corrected chi connectivity index (χ0v) is 18.8. The third-order valence-corrected chi connectivity index (χ3v) is 5.74. The molecule has 2 aromatic rings. The summed E-state index contributed by atoms with van der Waals surface area (Å²) in [5, 5.41) is 4.91. The van der Waals surface area contributed by atoms with E-state index in [9.17, 15) is 4.79 Å². The number of amides is 1. The summed E-state index contributed by atoms with van der Waals surface area (Å²) in [6.45, 7) is 5.17. The number of nitrogens with one attached hydrogen (secondary N) is 1. The van der Waals surface area contributed by atoms with Crippen LogP contribution in [-0.2, 0) is 4.74 Å². The van der Waals surface area contributed by atoms with E-state index >= 15 is 0 Å². The molecule has 156 valence electrons. The highest BCUT2D eigenvalue weighted by molar-refractivity contribution is 6.36. The molecule has 1 amide bonds. The fraction of sp³-hybridized carbons (Fsp3) is 0.409. The monoisotopic (exact) mass is 454 g/mol. The van der Waals surface area contributed by atoms with Crippen LogP contribution < -0.4 is 10.2 Å². The van der Waals surface area contributed by atoms with Crippen molar-refractivity contribution in [2.24, 2.45) is 5.92 Å². The molecule has 1 N–H and O–H groups in total. The van der Waals surface area contributed by atoms with Gasteiger partial charge in [-0.15, -0.1) is 0 Å². The van der Waals surface area contributed by atoms with E-state index in [0.717, 1.165) is 30.6 Å². The van der Waals surface area contributed by atoms with Crippen LogP contribution in [0.3, 0.4) is 0 Å². The van der Waals surface area contributed by atoms with Gasteiger partial charge < -0.3 is 15.0 Å². The van der Waals surface area contributed by atoms with Crippen LogP contribution in [0.2, 0.25) is 15.1 Å². The van der Waals surface area contributed by atoms with Crippen molar-refractivity contribution >= 4 is 46.6 Å². The third kappa shape index (κ3) is 5.94. The first-order chi connectivity index (χ1) is 13.8. The number of ether oxygens (including phenoxy) is 1. The van der Waals surface area contributed by atoms with Gasteiger partial charge in [0.1, 0.15) is 0 Å². The molecule has 0 spiro atoms. The van der Waals surface area contributed by atoms with Gasteiger partial charge in [0.25, 0.3) is 0 Å². The van der Waals surface area contributed by atoms with E-state index in [2.05, 4.69) is 10.2 Å². The second-order valence-electron chi connectivity index (χ2n) is 7.71. The molecule has 1 aliphatic rings. The molecule has 1 saturated heterocycles. The summed E-state index contributed by atoms with van der Waals surface area (Å²) in [5.74, 6) is 0.302. The first kappa shape index (κ1) is 22.1. The van der Waals surface area contributed by atoms with Gasteiger partial charge in [-0.25, -0.2) is 4.79 Å². The molecular weight excluding hydrogens is 431 g/mol. The van der Waals surface area contributed by atoms with Crippen molar-refractivity contribution in [1.82, 2.24) is 5.32 Å². The lowest BCUT2D eigenvalue weighted by Crippen LogP contribution is -2.46. The van der Waals surface area contributed by atoms with Crippen LogP contribution in [0.25, 0.3) is 0 Å². The summed E-state index contributed by atoms with van der Waals surface area (Å²) < 4.78 is 5.29. The Kier molecular flexibility index (Phi) is 7.55. The normalized spacial score (nSPS) is 19.3. The number of alkyl carbamates (subject to hydrolysis) is 1. The molecule has 7 heteroatoms.